The molecule has 1 rings (SSSR count). The summed E-state index contributed by atoms with van der Waals surface area (Å²) in [6.45, 7) is 7.36. The third kappa shape index (κ3) is 4.59. The van der Waals surface area contributed by atoms with Gasteiger partial charge in [0.25, 0.3) is 0 Å². The number of hydrogen-bond acceptors (Lipinski definition) is 5. The van der Waals surface area contributed by atoms with Crippen LogP contribution in [-0.4, -0.2) is 16.7 Å². The first-order chi connectivity index (χ1) is 7.38. The molecule has 16 heavy (non-hydrogen) atoms. The highest BCUT2D eigenvalue weighted by Crippen LogP contribution is 2.13. The molecule has 0 fully saturated rings. The smallest absolute Gasteiger partial charge is 0.422 e. The fourth-order valence-electron chi connectivity index (χ4n) is 0.981. The summed E-state index contributed by atoms with van der Waals surface area (Å²) in [5.41, 5.74) is 4.82. The zero-order valence-electron chi connectivity index (χ0n) is 9.90. The van der Waals surface area contributed by atoms with E-state index >= 15 is 0 Å². The van der Waals surface area contributed by atoms with Gasteiger partial charge in [-0.05, 0) is 27.7 Å². The lowest BCUT2D eigenvalue weighted by Gasteiger charge is -2.20. The van der Waals surface area contributed by atoms with E-state index in [1.165, 1.54) is 11.3 Å². The van der Waals surface area contributed by atoms with E-state index in [0.717, 1.165) is 5.01 Å². The fraction of sp³-hybridized carbons (Fsp3) is 0.600. The molecular weight excluding hydrogens is 226 g/mol. The summed E-state index contributed by atoms with van der Waals surface area (Å²) in [6, 6.07) is -0.0347. The first kappa shape index (κ1) is 12.9. The molecule has 0 aromatic carbocycles. The Morgan fingerprint density at radius 1 is 1.56 bits per heavy atom. The number of rotatable bonds is 3. The highest BCUT2D eigenvalue weighted by molar-refractivity contribution is 7.09. The van der Waals surface area contributed by atoms with Crippen LogP contribution in [0.15, 0.2) is 11.6 Å². The second-order valence-corrected chi connectivity index (χ2v) is 5.29. The average Bonchev–Trinajstić information content (AvgIpc) is 2.64. The number of hydrazine groups is 1. The molecule has 6 heteroatoms. The molecule has 1 aromatic heterocycles. The molecule has 1 heterocycles. The molecule has 0 saturated heterocycles. The first-order valence-corrected chi connectivity index (χ1v) is 5.90. The molecule has 2 N–H and O–H groups in total. The van der Waals surface area contributed by atoms with E-state index in [1.54, 1.807) is 6.20 Å². The van der Waals surface area contributed by atoms with Crippen LogP contribution in [0.5, 0.6) is 0 Å². The van der Waals surface area contributed by atoms with Crippen LogP contribution >= 0.6 is 11.3 Å². The second kappa shape index (κ2) is 5.27. The van der Waals surface area contributed by atoms with Crippen molar-refractivity contribution in [1.82, 2.24) is 15.8 Å². The van der Waals surface area contributed by atoms with Crippen molar-refractivity contribution in [3.63, 3.8) is 0 Å². The fourth-order valence-corrected chi connectivity index (χ4v) is 1.63. The van der Waals surface area contributed by atoms with Crippen molar-refractivity contribution in [2.24, 2.45) is 0 Å². The minimum atomic E-state index is -0.490. The summed E-state index contributed by atoms with van der Waals surface area (Å²) in [5.74, 6) is 0. The number of thiazole rings is 1. The standard InChI is InChI=1S/C10H17N3O2S/c1-7(8-11-5-6-16-8)12-13-9(14)15-10(2,3)4/h5-7,12H,1-4H3,(H,13,14). The van der Waals surface area contributed by atoms with Crippen LogP contribution in [0.25, 0.3) is 0 Å². The van der Waals surface area contributed by atoms with Gasteiger partial charge in [0.2, 0.25) is 0 Å². The van der Waals surface area contributed by atoms with Gasteiger partial charge in [0.15, 0.2) is 0 Å². The van der Waals surface area contributed by atoms with Crippen LogP contribution < -0.4 is 10.9 Å². The van der Waals surface area contributed by atoms with Gasteiger partial charge < -0.3 is 4.74 Å². The SMILES string of the molecule is CC(NNC(=O)OC(C)(C)C)c1nccs1. The summed E-state index contributed by atoms with van der Waals surface area (Å²) < 4.78 is 5.08. The lowest BCUT2D eigenvalue weighted by Crippen LogP contribution is -2.42. The molecular formula is C10H17N3O2S. The zero-order chi connectivity index (χ0) is 12.2. The van der Waals surface area contributed by atoms with Gasteiger partial charge in [-0.2, -0.15) is 0 Å². The van der Waals surface area contributed by atoms with E-state index in [9.17, 15) is 4.79 Å². The Morgan fingerprint density at radius 2 is 2.25 bits per heavy atom. The largest absolute Gasteiger partial charge is 0.443 e. The van der Waals surface area contributed by atoms with Gasteiger partial charge in [-0.25, -0.2) is 15.2 Å². The minimum absolute atomic E-state index is 0.0347. The molecule has 0 aliphatic rings. The summed E-state index contributed by atoms with van der Waals surface area (Å²) in [7, 11) is 0. The van der Waals surface area contributed by atoms with Crippen molar-refractivity contribution >= 4 is 17.4 Å². The zero-order valence-corrected chi connectivity index (χ0v) is 10.7. The van der Waals surface area contributed by atoms with E-state index < -0.39 is 11.7 Å². The van der Waals surface area contributed by atoms with E-state index in [2.05, 4.69) is 15.8 Å². The predicted octanol–water partition coefficient (Wildman–Crippen LogP) is 2.23. The molecule has 90 valence electrons. The summed E-state index contributed by atoms with van der Waals surface area (Å²) in [6.07, 6.45) is 1.24. The van der Waals surface area contributed by atoms with Crippen LogP contribution in [0.1, 0.15) is 38.7 Å². The van der Waals surface area contributed by atoms with E-state index in [4.69, 9.17) is 4.74 Å². The third-order valence-electron chi connectivity index (χ3n) is 1.61. The quantitative estimate of drug-likeness (QED) is 0.799. The summed E-state index contributed by atoms with van der Waals surface area (Å²) in [4.78, 5) is 15.5. The molecule has 1 atom stereocenters. The number of carbonyl (C=O) groups excluding carboxylic acids is 1. The Hall–Kier alpha value is -1.14. The number of amides is 1. The maximum atomic E-state index is 11.3. The number of ether oxygens (including phenoxy) is 1. The molecule has 0 aliphatic carbocycles. The predicted molar refractivity (Wildman–Crippen MR) is 63.0 cm³/mol. The van der Waals surface area contributed by atoms with Crippen molar-refractivity contribution < 1.29 is 9.53 Å². The molecule has 5 nitrogen and oxygen atoms in total. The highest BCUT2D eigenvalue weighted by atomic mass is 32.1. The molecule has 0 bridgehead atoms. The number of nitrogens with one attached hydrogen (secondary N) is 2. The minimum Gasteiger partial charge on any atom is -0.443 e. The number of carbonyl (C=O) groups is 1. The van der Waals surface area contributed by atoms with Crippen LogP contribution in [-0.2, 0) is 4.74 Å². The first-order valence-electron chi connectivity index (χ1n) is 5.02. The van der Waals surface area contributed by atoms with Gasteiger partial charge >= 0.3 is 6.09 Å². The van der Waals surface area contributed by atoms with Gasteiger partial charge in [-0.1, -0.05) is 0 Å². The Kier molecular flexibility index (Phi) is 4.26. The second-order valence-electron chi connectivity index (χ2n) is 4.36. The Morgan fingerprint density at radius 3 is 2.75 bits per heavy atom. The lowest BCUT2D eigenvalue weighted by molar-refractivity contribution is 0.0489. The highest BCUT2D eigenvalue weighted by Gasteiger charge is 2.16. The number of nitrogens with zero attached hydrogens (tertiary/aromatic N) is 1. The van der Waals surface area contributed by atoms with Gasteiger partial charge in [0, 0.05) is 11.6 Å². The maximum absolute atomic E-state index is 11.3. The van der Waals surface area contributed by atoms with Crippen LogP contribution in [0.3, 0.4) is 0 Å². The van der Waals surface area contributed by atoms with E-state index in [0.29, 0.717) is 0 Å². The molecule has 0 saturated carbocycles. The number of hydrogen-bond donors (Lipinski definition) is 2. The van der Waals surface area contributed by atoms with Gasteiger partial charge in [0.1, 0.15) is 10.6 Å². The van der Waals surface area contributed by atoms with E-state index in [1.807, 2.05) is 33.1 Å². The van der Waals surface area contributed by atoms with E-state index in [-0.39, 0.29) is 6.04 Å². The van der Waals surface area contributed by atoms with Crippen molar-refractivity contribution in [3.8, 4) is 0 Å². The van der Waals surface area contributed by atoms with Crippen LogP contribution in [0.2, 0.25) is 0 Å². The monoisotopic (exact) mass is 243 g/mol. The van der Waals surface area contributed by atoms with Crippen LogP contribution in [0.4, 0.5) is 4.79 Å². The Balaban J connectivity index is 2.32. The molecule has 0 spiro atoms. The Labute approximate surface area is 99.2 Å². The molecule has 1 amide bonds. The molecule has 1 unspecified atom stereocenters. The van der Waals surface area contributed by atoms with Gasteiger partial charge in [-0.15, -0.1) is 11.3 Å². The van der Waals surface area contributed by atoms with Crippen molar-refractivity contribution in [3.05, 3.63) is 16.6 Å². The van der Waals surface area contributed by atoms with Gasteiger partial charge in [0.05, 0.1) is 6.04 Å². The van der Waals surface area contributed by atoms with Gasteiger partial charge in [-0.3, -0.25) is 5.43 Å². The van der Waals surface area contributed by atoms with Crippen molar-refractivity contribution in [2.45, 2.75) is 39.3 Å². The molecule has 0 aliphatic heterocycles. The molecule has 1 aromatic rings. The summed E-state index contributed by atoms with van der Waals surface area (Å²) in [5, 5.41) is 2.80. The average molecular weight is 243 g/mol. The maximum Gasteiger partial charge on any atom is 0.422 e. The van der Waals surface area contributed by atoms with Crippen molar-refractivity contribution in [2.75, 3.05) is 0 Å². The molecule has 0 radical (unpaired) electrons. The number of aromatic nitrogens is 1. The Bertz CT molecular complexity index is 332. The summed E-state index contributed by atoms with van der Waals surface area (Å²) >= 11 is 1.53. The van der Waals surface area contributed by atoms with Crippen molar-refractivity contribution in [1.29, 1.82) is 0 Å². The topological polar surface area (TPSA) is 63.2 Å². The lowest BCUT2D eigenvalue weighted by atomic mass is 10.2. The van der Waals surface area contributed by atoms with Crippen LogP contribution in [0, 0.1) is 0 Å². The normalized spacial score (nSPS) is 13.2. The third-order valence-corrected chi connectivity index (χ3v) is 2.57.